The van der Waals surface area contributed by atoms with Crippen molar-refractivity contribution in [3.8, 4) is 0 Å². The molecule has 3 nitrogen and oxygen atoms in total. The van der Waals surface area contributed by atoms with E-state index in [9.17, 15) is 4.79 Å². The predicted octanol–water partition coefficient (Wildman–Crippen LogP) is 3.36. The van der Waals surface area contributed by atoms with E-state index in [1.54, 1.807) is 0 Å². The normalized spacial score (nSPS) is 19.1. The summed E-state index contributed by atoms with van der Waals surface area (Å²) in [4.78, 5) is 14.0. The number of carbonyl (C=O) groups excluding carboxylic acids is 1. The second-order valence-corrected chi connectivity index (χ2v) is 5.88. The molecule has 1 rings (SSSR count). The Morgan fingerprint density at radius 2 is 1.84 bits per heavy atom. The standard InChI is InChI=1S/C16H31NO2/c1-2-3-4-5-6-7-8-9-16(19)17-12-10-15(14-17)11-13-18/h15,18H,2-14H2,1H3. The highest BCUT2D eigenvalue weighted by Gasteiger charge is 2.24. The molecule has 1 saturated heterocycles. The van der Waals surface area contributed by atoms with Crippen molar-refractivity contribution in [3.63, 3.8) is 0 Å². The minimum absolute atomic E-state index is 0.254. The number of rotatable bonds is 10. The third kappa shape index (κ3) is 6.95. The SMILES string of the molecule is CCCCCCCCCC(=O)N1CCC(CCO)C1. The zero-order valence-corrected chi connectivity index (χ0v) is 12.6. The number of amides is 1. The van der Waals surface area contributed by atoms with Crippen LogP contribution in [0, 0.1) is 5.92 Å². The fourth-order valence-electron chi connectivity index (χ4n) is 2.87. The molecule has 1 heterocycles. The zero-order chi connectivity index (χ0) is 13.9. The number of aliphatic hydroxyl groups is 1. The van der Waals surface area contributed by atoms with Gasteiger partial charge in [-0.3, -0.25) is 4.79 Å². The Labute approximate surface area is 118 Å². The molecule has 1 unspecified atom stereocenters. The molecule has 0 radical (unpaired) electrons. The van der Waals surface area contributed by atoms with E-state index >= 15 is 0 Å². The van der Waals surface area contributed by atoms with Gasteiger partial charge in [-0.15, -0.1) is 0 Å². The van der Waals surface area contributed by atoms with E-state index in [1.807, 2.05) is 4.90 Å². The Morgan fingerprint density at radius 1 is 1.16 bits per heavy atom. The van der Waals surface area contributed by atoms with Crippen molar-refractivity contribution in [2.24, 2.45) is 5.92 Å². The van der Waals surface area contributed by atoms with Crippen molar-refractivity contribution in [2.75, 3.05) is 19.7 Å². The van der Waals surface area contributed by atoms with E-state index < -0.39 is 0 Å². The first-order valence-corrected chi connectivity index (χ1v) is 8.16. The van der Waals surface area contributed by atoms with Gasteiger partial charge in [0.25, 0.3) is 0 Å². The minimum atomic E-state index is 0.254. The van der Waals surface area contributed by atoms with Gasteiger partial charge in [0.05, 0.1) is 0 Å². The lowest BCUT2D eigenvalue weighted by atomic mass is 10.1. The number of hydrogen-bond donors (Lipinski definition) is 1. The first kappa shape index (κ1) is 16.5. The summed E-state index contributed by atoms with van der Waals surface area (Å²) in [5.74, 6) is 0.858. The average molecular weight is 269 g/mol. The van der Waals surface area contributed by atoms with Crippen LogP contribution in [0.15, 0.2) is 0 Å². The Hall–Kier alpha value is -0.570. The molecular weight excluding hydrogens is 238 g/mol. The van der Waals surface area contributed by atoms with Gasteiger partial charge in [0, 0.05) is 26.1 Å². The van der Waals surface area contributed by atoms with Crippen molar-refractivity contribution >= 4 is 5.91 Å². The van der Waals surface area contributed by atoms with Gasteiger partial charge in [-0.1, -0.05) is 45.4 Å². The molecular formula is C16H31NO2. The Balaban J connectivity index is 1.99. The van der Waals surface area contributed by atoms with Crippen LogP contribution >= 0.6 is 0 Å². The van der Waals surface area contributed by atoms with Crippen LogP contribution in [-0.4, -0.2) is 35.6 Å². The second-order valence-electron chi connectivity index (χ2n) is 5.88. The van der Waals surface area contributed by atoms with Gasteiger partial charge in [-0.05, 0) is 25.2 Å². The molecule has 3 heteroatoms. The smallest absolute Gasteiger partial charge is 0.222 e. The summed E-state index contributed by atoms with van der Waals surface area (Å²) in [6, 6.07) is 0. The summed E-state index contributed by atoms with van der Waals surface area (Å²) < 4.78 is 0. The predicted molar refractivity (Wildman–Crippen MR) is 79.0 cm³/mol. The van der Waals surface area contributed by atoms with Crippen LogP contribution in [0.3, 0.4) is 0 Å². The number of unbranched alkanes of at least 4 members (excludes halogenated alkanes) is 6. The molecule has 0 aromatic heterocycles. The van der Waals surface area contributed by atoms with E-state index in [0.717, 1.165) is 38.8 Å². The maximum Gasteiger partial charge on any atom is 0.222 e. The molecule has 19 heavy (non-hydrogen) atoms. The fourth-order valence-corrected chi connectivity index (χ4v) is 2.87. The Morgan fingerprint density at radius 3 is 2.53 bits per heavy atom. The van der Waals surface area contributed by atoms with E-state index in [4.69, 9.17) is 5.11 Å². The van der Waals surface area contributed by atoms with Gasteiger partial charge in [0.15, 0.2) is 0 Å². The molecule has 0 spiro atoms. The van der Waals surface area contributed by atoms with Gasteiger partial charge in [-0.25, -0.2) is 0 Å². The van der Waals surface area contributed by atoms with Crippen LogP contribution in [0.1, 0.15) is 71.1 Å². The summed E-state index contributed by atoms with van der Waals surface area (Å²) in [6.45, 7) is 4.26. The van der Waals surface area contributed by atoms with E-state index in [1.165, 1.54) is 38.5 Å². The van der Waals surface area contributed by atoms with E-state index in [-0.39, 0.29) is 6.61 Å². The quantitative estimate of drug-likeness (QED) is 0.618. The van der Waals surface area contributed by atoms with Crippen LogP contribution in [0.2, 0.25) is 0 Å². The molecule has 0 saturated carbocycles. The van der Waals surface area contributed by atoms with Gasteiger partial charge in [0.2, 0.25) is 5.91 Å². The fraction of sp³-hybridized carbons (Fsp3) is 0.938. The van der Waals surface area contributed by atoms with E-state index in [0.29, 0.717) is 11.8 Å². The molecule has 1 aliphatic heterocycles. The number of aliphatic hydroxyl groups excluding tert-OH is 1. The highest BCUT2D eigenvalue weighted by atomic mass is 16.3. The molecule has 1 amide bonds. The summed E-state index contributed by atoms with van der Waals surface area (Å²) >= 11 is 0. The molecule has 112 valence electrons. The van der Waals surface area contributed by atoms with E-state index in [2.05, 4.69) is 6.92 Å². The first-order chi connectivity index (χ1) is 9.27. The number of likely N-dealkylation sites (tertiary alicyclic amines) is 1. The number of nitrogens with zero attached hydrogens (tertiary/aromatic N) is 1. The molecule has 0 aliphatic carbocycles. The lowest BCUT2D eigenvalue weighted by molar-refractivity contribution is -0.130. The van der Waals surface area contributed by atoms with Crippen LogP contribution in [-0.2, 0) is 4.79 Å². The molecule has 1 N–H and O–H groups in total. The topological polar surface area (TPSA) is 40.5 Å². The van der Waals surface area contributed by atoms with Gasteiger partial charge < -0.3 is 10.0 Å². The van der Waals surface area contributed by atoms with Crippen LogP contribution < -0.4 is 0 Å². The van der Waals surface area contributed by atoms with Crippen LogP contribution in [0.25, 0.3) is 0 Å². The molecule has 0 bridgehead atoms. The van der Waals surface area contributed by atoms with Gasteiger partial charge >= 0.3 is 0 Å². The first-order valence-electron chi connectivity index (χ1n) is 8.16. The highest BCUT2D eigenvalue weighted by molar-refractivity contribution is 5.76. The largest absolute Gasteiger partial charge is 0.396 e. The lowest BCUT2D eigenvalue weighted by Gasteiger charge is -2.16. The van der Waals surface area contributed by atoms with Gasteiger partial charge in [-0.2, -0.15) is 0 Å². The third-order valence-electron chi connectivity index (χ3n) is 4.17. The van der Waals surface area contributed by atoms with Crippen LogP contribution in [0.5, 0.6) is 0 Å². The van der Waals surface area contributed by atoms with Crippen molar-refractivity contribution in [2.45, 2.75) is 71.1 Å². The third-order valence-corrected chi connectivity index (χ3v) is 4.17. The lowest BCUT2D eigenvalue weighted by Crippen LogP contribution is -2.28. The van der Waals surface area contributed by atoms with Crippen molar-refractivity contribution in [1.82, 2.24) is 4.90 Å². The maximum atomic E-state index is 12.0. The number of carbonyl (C=O) groups is 1. The number of hydrogen-bond acceptors (Lipinski definition) is 2. The summed E-state index contributed by atoms with van der Waals surface area (Å²) in [7, 11) is 0. The van der Waals surface area contributed by atoms with Gasteiger partial charge in [0.1, 0.15) is 0 Å². The Bertz CT molecular complexity index is 243. The molecule has 1 fully saturated rings. The van der Waals surface area contributed by atoms with Crippen LogP contribution in [0.4, 0.5) is 0 Å². The highest BCUT2D eigenvalue weighted by Crippen LogP contribution is 2.20. The monoisotopic (exact) mass is 269 g/mol. The maximum absolute atomic E-state index is 12.0. The molecule has 1 atom stereocenters. The second kappa shape index (κ2) is 10.2. The molecule has 0 aromatic rings. The van der Waals surface area contributed by atoms with Crippen molar-refractivity contribution in [1.29, 1.82) is 0 Å². The summed E-state index contributed by atoms with van der Waals surface area (Å²) in [5.41, 5.74) is 0. The van der Waals surface area contributed by atoms with Crippen molar-refractivity contribution in [3.05, 3.63) is 0 Å². The molecule has 1 aliphatic rings. The zero-order valence-electron chi connectivity index (χ0n) is 12.6. The Kier molecular flexibility index (Phi) is 8.89. The minimum Gasteiger partial charge on any atom is -0.396 e. The summed E-state index contributed by atoms with van der Waals surface area (Å²) in [6.07, 6.45) is 11.5. The van der Waals surface area contributed by atoms with Crippen molar-refractivity contribution < 1.29 is 9.90 Å². The summed E-state index contributed by atoms with van der Waals surface area (Å²) in [5, 5.41) is 8.91. The molecule has 0 aromatic carbocycles. The average Bonchev–Trinajstić information content (AvgIpc) is 2.87.